The molecule has 2 rings (SSSR count). The minimum Gasteiger partial charge on any atom is -0.355 e. The molecule has 0 bridgehead atoms. The number of piperidine rings is 1. The van der Waals surface area contributed by atoms with E-state index in [0.717, 1.165) is 31.4 Å². The van der Waals surface area contributed by atoms with Gasteiger partial charge in [-0.1, -0.05) is 12.1 Å². The second kappa shape index (κ2) is 6.66. The number of carbonyl (C=O) groups excluding carboxylic acids is 1. The molecule has 1 aliphatic heterocycles. The van der Waals surface area contributed by atoms with Crippen molar-refractivity contribution >= 4 is 5.91 Å². The lowest BCUT2D eigenvalue weighted by Gasteiger charge is -2.26. The predicted molar refractivity (Wildman–Crippen MR) is 73.3 cm³/mol. The van der Waals surface area contributed by atoms with Crippen molar-refractivity contribution in [3.05, 3.63) is 35.6 Å². The van der Waals surface area contributed by atoms with Crippen LogP contribution >= 0.6 is 0 Å². The van der Waals surface area contributed by atoms with Gasteiger partial charge in [-0.15, -0.1) is 0 Å². The zero-order chi connectivity index (χ0) is 13.7. The maximum atomic E-state index is 12.7. The average molecular weight is 264 g/mol. The number of nitrogens with one attached hydrogen (secondary N) is 2. The molecule has 0 radical (unpaired) electrons. The van der Waals surface area contributed by atoms with Gasteiger partial charge in [0.1, 0.15) is 5.82 Å². The zero-order valence-electron chi connectivity index (χ0n) is 11.3. The molecule has 2 unspecified atom stereocenters. The lowest BCUT2D eigenvalue weighted by molar-refractivity contribution is -0.125. The Labute approximate surface area is 113 Å². The first-order valence-corrected chi connectivity index (χ1v) is 6.90. The summed E-state index contributed by atoms with van der Waals surface area (Å²) in [6, 6.07) is 6.92. The van der Waals surface area contributed by atoms with Crippen molar-refractivity contribution in [1.82, 2.24) is 10.6 Å². The van der Waals surface area contributed by atoms with Crippen LogP contribution in [-0.2, 0) is 11.2 Å². The van der Waals surface area contributed by atoms with Crippen LogP contribution in [0.2, 0.25) is 0 Å². The maximum Gasteiger partial charge on any atom is 0.224 e. The van der Waals surface area contributed by atoms with Crippen LogP contribution in [0, 0.1) is 11.7 Å². The van der Waals surface area contributed by atoms with Crippen LogP contribution in [0.25, 0.3) is 0 Å². The summed E-state index contributed by atoms with van der Waals surface area (Å²) in [4.78, 5) is 11.9. The van der Waals surface area contributed by atoms with Gasteiger partial charge >= 0.3 is 0 Å². The summed E-state index contributed by atoms with van der Waals surface area (Å²) in [5.74, 6) is -0.0129. The van der Waals surface area contributed by atoms with Gasteiger partial charge in [-0.25, -0.2) is 4.39 Å². The highest BCUT2D eigenvalue weighted by Crippen LogP contribution is 2.14. The van der Waals surface area contributed by atoms with Crippen molar-refractivity contribution in [2.45, 2.75) is 32.2 Å². The van der Waals surface area contributed by atoms with Gasteiger partial charge in [0.25, 0.3) is 0 Å². The number of hydrogen-bond acceptors (Lipinski definition) is 2. The molecule has 2 N–H and O–H groups in total. The molecule has 1 aliphatic rings. The molecule has 19 heavy (non-hydrogen) atoms. The molecule has 1 heterocycles. The molecule has 3 nitrogen and oxygen atoms in total. The van der Waals surface area contributed by atoms with Crippen molar-refractivity contribution in [3.8, 4) is 0 Å². The zero-order valence-corrected chi connectivity index (χ0v) is 11.3. The lowest BCUT2D eigenvalue weighted by atomic mass is 9.95. The van der Waals surface area contributed by atoms with E-state index in [2.05, 4.69) is 17.6 Å². The quantitative estimate of drug-likeness (QED) is 0.871. The summed E-state index contributed by atoms with van der Waals surface area (Å²) in [5.41, 5.74) is 1.04. The molecule has 104 valence electrons. The number of halogens is 1. The highest BCUT2D eigenvalue weighted by molar-refractivity contribution is 5.78. The van der Waals surface area contributed by atoms with E-state index in [1.54, 1.807) is 12.1 Å². The summed E-state index contributed by atoms with van der Waals surface area (Å²) in [6.45, 7) is 3.52. The molecule has 0 aromatic heterocycles. The molecule has 4 heteroatoms. The van der Waals surface area contributed by atoms with Gasteiger partial charge in [0.05, 0.1) is 5.92 Å². The Kier molecular flexibility index (Phi) is 4.91. The molecule has 1 saturated heterocycles. The molecule has 1 amide bonds. The lowest BCUT2D eigenvalue weighted by Crippen LogP contribution is -2.44. The second-order valence-corrected chi connectivity index (χ2v) is 5.25. The molecule has 0 saturated carbocycles. The molecule has 1 aromatic rings. The largest absolute Gasteiger partial charge is 0.355 e. The topological polar surface area (TPSA) is 41.1 Å². The van der Waals surface area contributed by atoms with Gasteiger partial charge < -0.3 is 10.6 Å². The number of hydrogen-bond donors (Lipinski definition) is 2. The number of carbonyl (C=O) groups is 1. The van der Waals surface area contributed by atoms with Crippen LogP contribution in [-0.4, -0.2) is 25.0 Å². The summed E-state index contributed by atoms with van der Waals surface area (Å²) in [6.07, 6.45) is 2.75. The Bertz CT molecular complexity index is 411. The van der Waals surface area contributed by atoms with E-state index in [0.29, 0.717) is 12.6 Å². The summed E-state index contributed by atoms with van der Waals surface area (Å²) in [7, 11) is 0. The normalized spacial score (nSPS) is 23.1. The van der Waals surface area contributed by atoms with Gasteiger partial charge in [0.15, 0.2) is 0 Å². The van der Waals surface area contributed by atoms with Gasteiger partial charge in [0.2, 0.25) is 5.91 Å². The van der Waals surface area contributed by atoms with Crippen LogP contribution < -0.4 is 10.6 Å². The molecule has 0 spiro atoms. The van der Waals surface area contributed by atoms with Gasteiger partial charge in [-0.2, -0.15) is 0 Å². The van der Waals surface area contributed by atoms with Crippen molar-refractivity contribution < 1.29 is 9.18 Å². The van der Waals surface area contributed by atoms with Crippen molar-refractivity contribution in [2.75, 3.05) is 13.1 Å². The maximum absolute atomic E-state index is 12.7. The molecular formula is C15H21FN2O. The van der Waals surface area contributed by atoms with E-state index in [4.69, 9.17) is 0 Å². The Balaban J connectivity index is 1.70. The van der Waals surface area contributed by atoms with Crippen molar-refractivity contribution in [2.24, 2.45) is 5.92 Å². The van der Waals surface area contributed by atoms with E-state index in [9.17, 15) is 9.18 Å². The first-order chi connectivity index (χ1) is 9.15. The third kappa shape index (κ3) is 4.31. The molecule has 0 aliphatic carbocycles. The van der Waals surface area contributed by atoms with Crippen molar-refractivity contribution in [3.63, 3.8) is 0 Å². The summed E-state index contributed by atoms with van der Waals surface area (Å²) >= 11 is 0. The van der Waals surface area contributed by atoms with Crippen LogP contribution in [0.1, 0.15) is 25.3 Å². The minimum atomic E-state index is -0.227. The Morgan fingerprint density at radius 2 is 2.11 bits per heavy atom. The van der Waals surface area contributed by atoms with Crippen LogP contribution in [0.5, 0.6) is 0 Å². The first kappa shape index (κ1) is 14.0. The highest BCUT2D eigenvalue weighted by Gasteiger charge is 2.23. The average Bonchev–Trinajstić information content (AvgIpc) is 2.41. The fourth-order valence-electron chi connectivity index (χ4n) is 2.35. The van der Waals surface area contributed by atoms with Crippen LogP contribution in [0.3, 0.4) is 0 Å². The van der Waals surface area contributed by atoms with E-state index in [1.807, 2.05) is 0 Å². The van der Waals surface area contributed by atoms with Gasteiger partial charge in [0, 0.05) is 19.1 Å². The van der Waals surface area contributed by atoms with Crippen molar-refractivity contribution in [1.29, 1.82) is 0 Å². The first-order valence-electron chi connectivity index (χ1n) is 6.90. The van der Waals surface area contributed by atoms with Gasteiger partial charge in [-0.3, -0.25) is 4.79 Å². The smallest absolute Gasteiger partial charge is 0.224 e. The van der Waals surface area contributed by atoms with E-state index < -0.39 is 0 Å². The Morgan fingerprint density at radius 3 is 2.74 bits per heavy atom. The molecule has 1 fully saturated rings. The fourth-order valence-corrected chi connectivity index (χ4v) is 2.35. The number of benzene rings is 1. The van der Waals surface area contributed by atoms with E-state index in [-0.39, 0.29) is 17.6 Å². The predicted octanol–water partition coefficient (Wildman–Crippen LogP) is 1.87. The van der Waals surface area contributed by atoms with Crippen LogP contribution in [0.4, 0.5) is 4.39 Å². The summed E-state index contributed by atoms with van der Waals surface area (Å²) in [5, 5.41) is 6.28. The third-order valence-electron chi connectivity index (χ3n) is 3.66. The second-order valence-electron chi connectivity index (χ2n) is 5.25. The number of rotatable bonds is 4. The summed E-state index contributed by atoms with van der Waals surface area (Å²) < 4.78 is 12.7. The minimum absolute atomic E-state index is 0.0874. The molecular weight excluding hydrogens is 243 g/mol. The molecule has 2 atom stereocenters. The fraction of sp³-hybridized carbons (Fsp3) is 0.533. The highest BCUT2D eigenvalue weighted by atomic mass is 19.1. The number of amides is 1. The van der Waals surface area contributed by atoms with Gasteiger partial charge in [-0.05, 0) is 43.9 Å². The standard InChI is InChI=1S/C15H21FN2O/c1-11-2-5-13(10-18-11)15(19)17-9-8-12-3-6-14(16)7-4-12/h3-4,6-7,11,13,18H,2,5,8-10H2,1H3,(H,17,19). The Morgan fingerprint density at radius 1 is 1.37 bits per heavy atom. The van der Waals surface area contributed by atoms with E-state index >= 15 is 0 Å². The SMILES string of the molecule is CC1CCC(C(=O)NCCc2ccc(F)cc2)CN1. The third-order valence-corrected chi connectivity index (χ3v) is 3.66. The monoisotopic (exact) mass is 264 g/mol. The Hall–Kier alpha value is -1.42. The molecule has 1 aromatic carbocycles. The van der Waals surface area contributed by atoms with E-state index in [1.165, 1.54) is 12.1 Å². The van der Waals surface area contributed by atoms with Crippen LogP contribution in [0.15, 0.2) is 24.3 Å².